The molecule has 0 unspecified atom stereocenters. The first-order chi connectivity index (χ1) is 15.5. The number of amides is 1. The summed E-state index contributed by atoms with van der Waals surface area (Å²) in [5, 5.41) is 2.51. The number of aromatic nitrogens is 2. The van der Waals surface area contributed by atoms with E-state index < -0.39 is 0 Å². The number of pyridine rings is 1. The van der Waals surface area contributed by atoms with Gasteiger partial charge in [0.25, 0.3) is 5.91 Å². The van der Waals surface area contributed by atoms with Crippen molar-refractivity contribution in [3.8, 4) is 0 Å². The summed E-state index contributed by atoms with van der Waals surface area (Å²) in [6.07, 6.45) is 3.92. The van der Waals surface area contributed by atoms with E-state index in [2.05, 4.69) is 58.8 Å². The molecule has 1 aliphatic rings. The van der Waals surface area contributed by atoms with E-state index in [0.29, 0.717) is 5.92 Å². The molecule has 1 saturated heterocycles. The van der Waals surface area contributed by atoms with Crippen LogP contribution in [0.5, 0.6) is 0 Å². The summed E-state index contributed by atoms with van der Waals surface area (Å²) in [5.74, 6) is 0.440. The lowest BCUT2D eigenvalue weighted by Crippen LogP contribution is -2.23. The number of aryl methyl sites for hydroxylation is 1. The Kier molecular flexibility index (Phi) is 5.51. The van der Waals surface area contributed by atoms with Crippen LogP contribution in [-0.2, 0) is 20.0 Å². The van der Waals surface area contributed by atoms with Gasteiger partial charge in [0.1, 0.15) is 4.83 Å². The van der Waals surface area contributed by atoms with Crippen molar-refractivity contribution in [3.63, 3.8) is 0 Å². The quantitative estimate of drug-likeness (QED) is 0.431. The van der Waals surface area contributed by atoms with Gasteiger partial charge in [0.05, 0.1) is 4.88 Å². The van der Waals surface area contributed by atoms with Crippen LogP contribution in [-0.4, -0.2) is 52.4 Å². The smallest absolute Gasteiger partial charge is 0.263 e. The van der Waals surface area contributed by atoms with E-state index in [1.54, 1.807) is 4.90 Å². The maximum Gasteiger partial charge on any atom is 0.263 e. The van der Waals surface area contributed by atoms with Crippen molar-refractivity contribution in [2.24, 2.45) is 7.05 Å². The molecule has 1 atom stereocenters. The molecule has 1 aromatic carbocycles. The van der Waals surface area contributed by atoms with Crippen molar-refractivity contribution in [2.75, 3.05) is 27.2 Å². The van der Waals surface area contributed by atoms with Crippen LogP contribution < -0.4 is 0 Å². The molecular formula is C26H30N4OS. The summed E-state index contributed by atoms with van der Waals surface area (Å²) in [6.45, 7) is 5.22. The van der Waals surface area contributed by atoms with E-state index in [0.717, 1.165) is 47.6 Å². The average Bonchev–Trinajstić information content (AvgIpc) is 3.48. The predicted molar refractivity (Wildman–Crippen MR) is 133 cm³/mol. The zero-order chi connectivity index (χ0) is 22.4. The van der Waals surface area contributed by atoms with Gasteiger partial charge in [-0.25, -0.2) is 4.98 Å². The average molecular weight is 447 g/mol. The second-order valence-corrected chi connectivity index (χ2v) is 9.98. The molecule has 32 heavy (non-hydrogen) atoms. The van der Waals surface area contributed by atoms with E-state index in [4.69, 9.17) is 0 Å². The molecule has 4 heterocycles. The number of thiophene rings is 1. The lowest BCUT2D eigenvalue weighted by atomic mass is 9.95. The molecule has 0 aliphatic carbocycles. The standard InChI is InChI=1S/C26H30N4OS/c1-5-21-20(18-9-6-7-11-22(18)29(21)4)16-30-14-12-17(15-30)23-19-10-8-13-27-25(19)32-24(23)26(31)28(2)3/h6-11,13,17H,5,12,14-16H2,1-4H3/t17-/m1/s1. The van der Waals surface area contributed by atoms with Crippen molar-refractivity contribution in [1.29, 1.82) is 0 Å². The normalized spacial score (nSPS) is 16.9. The van der Waals surface area contributed by atoms with Crippen molar-refractivity contribution in [1.82, 2.24) is 19.4 Å². The Hall–Kier alpha value is -2.70. The van der Waals surface area contributed by atoms with Crippen molar-refractivity contribution in [3.05, 3.63) is 64.3 Å². The first-order valence-corrected chi connectivity index (χ1v) is 12.2. The van der Waals surface area contributed by atoms with Crippen LogP contribution in [0.3, 0.4) is 0 Å². The molecule has 0 saturated carbocycles. The number of hydrogen-bond acceptors (Lipinski definition) is 4. The summed E-state index contributed by atoms with van der Waals surface area (Å²) < 4.78 is 2.35. The topological polar surface area (TPSA) is 41.4 Å². The zero-order valence-corrected chi connectivity index (χ0v) is 20.1. The molecule has 5 rings (SSSR count). The number of hydrogen-bond donors (Lipinski definition) is 0. The first kappa shape index (κ1) is 21.2. The summed E-state index contributed by atoms with van der Waals surface area (Å²) >= 11 is 1.54. The van der Waals surface area contributed by atoms with Crippen molar-refractivity contribution in [2.45, 2.75) is 32.2 Å². The number of carbonyl (C=O) groups is 1. The minimum atomic E-state index is 0.0868. The van der Waals surface area contributed by atoms with Crippen LogP contribution in [0.1, 0.15) is 45.8 Å². The minimum absolute atomic E-state index is 0.0868. The third kappa shape index (κ3) is 3.42. The fourth-order valence-corrected chi connectivity index (χ4v) is 6.56. The molecule has 0 N–H and O–H groups in total. The van der Waals surface area contributed by atoms with Gasteiger partial charge in [-0.15, -0.1) is 11.3 Å². The van der Waals surface area contributed by atoms with E-state index in [1.807, 2.05) is 26.4 Å². The number of rotatable bonds is 5. The molecule has 0 radical (unpaired) electrons. The van der Waals surface area contributed by atoms with Gasteiger partial charge in [0, 0.05) is 68.3 Å². The third-order valence-electron chi connectivity index (χ3n) is 6.85. The van der Waals surface area contributed by atoms with Gasteiger partial charge in [-0.2, -0.15) is 0 Å². The molecule has 0 spiro atoms. The number of carbonyl (C=O) groups excluding carboxylic acids is 1. The molecule has 166 valence electrons. The summed E-state index contributed by atoms with van der Waals surface area (Å²) in [7, 11) is 5.84. The third-order valence-corrected chi connectivity index (χ3v) is 7.96. The first-order valence-electron chi connectivity index (χ1n) is 11.4. The summed E-state index contributed by atoms with van der Waals surface area (Å²) in [6, 6.07) is 12.8. The molecule has 6 heteroatoms. The summed E-state index contributed by atoms with van der Waals surface area (Å²) in [5.41, 5.74) is 5.38. The second kappa shape index (κ2) is 8.34. The Morgan fingerprint density at radius 1 is 1.19 bits per heavy atom. The van der Waals surface area contributed by atoms with E-state index in [9.17, 15) is 4.79 Å². The van der Waals surface area contributed by atoms with Gasteiger partial charge in [-0.05, 0) is 42.6 Å². The maximum atomic E-state index is 13.0. The molecule has 1 fully saturated rings. The van der Waals surface area contributed by atoms with E-state index in [1.165, 1.54) is 39.1 Å². The van der Waals surface area contributed by atoms with Gasteiger partial charge in [0.15, 0.2) is 0 Å². The van der Waals surface area contributed by atoms with Gasteiger partial charge >= 0.3 is 0 Å². The minimum Gasteiger partial charge on any atom is -0.347 e. The predicted octanol–water partition coefficient (Wildman–Crippen LogP) is 5.04. The highest BCUT2D eigenvalue weighted by atomic mass is 32.1. The van der Waals surface area contributed by atoms with Crippen LogP contribution in [0.4, 0.5) is 0 Å². The number of likely N-dealkylation sites (tertiary alicyclic amines) is 1. The molecule has 1 aliphatic heterocycles. The highest BCUT2D eigenvalue weighted by Gasteiger charge is 2.32. The Balaban J connectivity index is 1.48. The maximum absolute atomic E-state index is 13.0. The Labute approximate surface area is 193 Å². The second-order valence-electron chi connectivity index (χ2n) is 8.98. The highest BCUT2D eigenvalue weighted by Crippen LogP contribution is 2.40. The van der Waals surface area contributed by atoms with Crippen LogP contribution in [0.2, 0.25) is 0 Å². The van der Waals surface area contributed by atoms with Crippen LogP contribution in [0.25, 0.3) is 21.1 Å². The lowest BCUT2D eigenvalue weighted by molar-refractivity contribution is 0.0831. The van der Waals surface area contributed by atoms with Crippen LogP contribution in [0.15, 0.2) is 42.6 Å². The van der Waals surface area contributed by atoms with Gasteiger partial charge < -0.3 is 9.47 Å². The summed E-state index contributed by atoms with van der Waals surface area (Å²) in [4.78, 5) is 23.6. The number of fused-ring (bicyclic) bond motifs is 2. The van der Waals surface area contributed by atoms with Gasteiger partial charge in [0.2, 0.25) is 0 Å². The monoisotopic (exact) mass is 446 g/mol. The molecular weight excluding hydrogens is 416 g/mol. The molecule has 5 nitrogen and oxygen atoms in total. The number of para-hydroxylation sites is 1. The number of nitrogens with zero attached hydrogens (tertiary/aromatic N) is 4. The zero-order valence-electron chi connectivity index (χ0n) is 19.3. The van der Waals surface area contributed by atoms with E-state index in [-0.39, 0.29) is 5.91 Å². The molecule has 0 bridgehead atoms. The van der Waals surface area contributed by atoms with Crippen LogP contribution in [0, 0.1) is 0 Å². The largest absolute Gasteiger partial charge is 0.347 e. The molecule has 3 aromatic heterocycles. The highest BCUT2D eigenvalue weighted by molar-refractivity contribution is 7.20. The lowest BCUT2D eigenvalue weighted by Gasteiger charge is -2.18. The van der Waals surface area contributed by atoms with Gasteiger partial charge in [-0.3, -0.25) is 9.69 Å². The fraction of sp³-hybridized carbons (Fsp3) is 0.385. The Bertz CT molecular complexity index is 1300. The Morgan fingerprint density at radius 2 is 1.97 bits per heavy atom. The SMILES string of the molecule is CCc1c(CN2CC[C@@H](c3c(C(=O)N(C)C)sc4ncccc34)C2)c2ccccc2n1C. The van der Waals surface area contributed by atoms with Crippen molar-refractivity contribution >= 4 is 38.4 Å². The van der Waals surface area contributed by atoms with Crippen LogP contribution >= 0.6 is 11.3 Å². The molecule has 1 amide bonds. The Morgan fingerprint density at radius 3 is 2.75 bits per heavy atom. The number of benzene rings is 1. The fourth-order valence-electron chi connectivity index (χ4n) is 5.31. The van der Waals surface area contributed by atoms with Gasteiger partial charge in [-0.1, -0.05) is 31.2 Å². The molecule has 4 aromatic rings. The van der Waals surface area contributed by atoms with Crippen molar-refractivity contribution < 1.29 is 4.79 Å². The van der Waals surface area contributed by atoms with E-state index >= 15 is 0 Å².